The van der Waals surface area contributed by atoms with Crippen LogP contribution in [0.2, 0.25) is 0 Å². The summed E-state index contributed by atoms with van der Waals surface area (Å²) in [5, 5.41) is 11.4. The Balaban J connectivity index is 1.51. The van der Waals surface area contributed by atoms with Crippen LogP contribution in [0.5, 0.6) is 0 Å². The molecule has 1 aliphatic heterocycles. The van der Waals surface area contributed by atoms with Crippen molar-refractivity contribution in [2.75, 3.05) is 45.2 Å². The zero-order valence-electron chi connectivity index (χ0n) is 17.3. The van der Waals surface area contributed by atoms with Crippen LogP contribution in [-0.4, -0.2) is 77.5 Å². The lowest BCUT2D eigenvalue weighted by atomic mass is 10.1. The maximum absolute atomic E-state index is 13.1. The second-order valence-corrected chi connectivity index (χ2v) is 9.87. The predicted molar refractivity (Wildman–Crippen MR) is 120 cm³/mol. The second-order valence-electron chi connectivity index (χ2n) is 7.44. The smallest absolute Gasteiger partial charge is 0.293 e. The number of sulfonamides is 1. The Bertz CT molecular complexity index is 1300. The van der Waals surface area contributed by atoms with Crippen LogP contribution < -0.4 is 4.90 Å². The maximum atomic E-state index is 13.1. The number of piperazine rings is 1. The molecule has 0 saturated carbocycles. The summed E-state index contributed by atoms with van der Waals surface area (Å²) in [7, 11) is -0.428. The first kappa shape index (κ1) is 22.0. The van der Waals surface area contributed by atoms with Gasteiger partial charge in [-0.25, -0.2) is 8.42 Å². The van der Waals surface area contributed by atoms with Crippen molar-refractivity contribution in [1.29, 1.82) is 0 Å². The van der Waals surface area contributed by atoms with E-state index < -0.39 is 14.9 Å². The Morgan fingerprint density at radius 2 is 1.84 bits per heavy atom. The van der Waals surface area contributed by atoms with Gasteiger partial charge in [0.15, 0.2) is 0 Å². The minimum Gasteiger partial charge on any atom is -0.372 e. The average molecular weight is 477 g/mol. The molecule has 1 aliphatic rings. The van der Waals surface area contributed by atoms with Crippen molar-refractivity contribution in [2.24, 2.45) is 0 Å². The highest BCUT2D eigenvalue weighted by atomic mass is 32.2. The van der Waals surface area contributed by atoms with Gasteiger partial charge in [-0.15, -0.1) is 0 Å². The number of anilines is 1. The molecule has 2 aromatic carbocycles. The number of nitrogens with zero attached hydrogens (tertiary/aromatic N) is 6. The Labute approximate surface area is 188 Å². The van der Waals surface area contributed by atoms with E-state index in [-0.39, 0.29) is 48.2 Å². The fourth-order valence-electron chi connectivity index (χ4n) is 3.62. The molecule has 3 aromatic rings. The molecule has 4 rings (SSSR count). The Morgan fingerprint density at radius 3 is 2.50 bits per heavy atom. The number of carbonyl (C=O) groups excluding carboxylic acids is 1. The fraction of sp³-hybridized carbons (Fsp3) is 0.316. The van der Waals surface area contributed by atoms with Crippen molar-refractivity contribution in [3.8, 4) is 0 Å². The molecule has 1 aromatic heterocycles. The summed E-state index contributed by atoms with van der Waals surface area (Å²) in [6.45, 7) is 0.568. The normalized spacial score (nSPS) is 15.1. The number of carbonyl (C=O) groups is 1. The molecule has 0 N–H and O–H groups in total. The van der Waals surface area contributed by atoms with Crippen molar-refractivity contribution in [3.05, 3.63) is 52.1 Å². The molecule has 1 amide bonds. The van der Waals surface area contributed by atoms with Gasteiger partial charge in [0, 0.05) is 51.9 Å². The number of nitro groups is 1. The first-order valence-electron chi connectivity index (χ1n) is 9.66. The van der Waals surface area contributed by atoms with Crippen molar-refractivity contribution in [1.82, 2.24) is 18.0 Å². The summed E-state index contributed by atoms with van der Waals surface area (Å²) in [5.41, 5.74) is 1.29. The summed E-state index contributed by atoms with van der Waals surface area (Å²) in [6, 6.07) is 9.17. The van der Waals surface area contributed by atoms with E-state index in [0.717, 1.165) is 11.7 Å². The summed E-state index contributed by atoms with van der Waals surface area (Å²) in [6.07, 6.45) is 0. The SMILES string of the molecule is CN(C)c1ccc(C(=O)N2CCN(S(=O)(=O)c3cccc4nsnc34)CC2)cc1[N+](=O)[O-]. The molecule has 0 atom stereocenters. The van der Waals surface area contributed by atoms with E-state index in [9.17, 15) is 23.3 Å². The number of benzene rings is 2. The minimum atomic E-state index is -3.80. The molecular weight excluding hydrogens is 456 g/mol. The van der Waals surface area contributed by atoms with E-state index in [2.05, 4.69) is 8.75 Å². The average Bonchev–Trinajstić information content (AvgIpc) is 3.27. The number of amides is 1. The first-order valence-corrected chi connectivity index (χ1v) is 11.8. The van der Waals surface area contributed by atoms with Gasteiger partial charge in [0.2, 0.25) is 10.0 Å². The molecule has 0 radical (unpaired) electrons. The van der Waals surface area contributed by atoms with Gasteiger partial charge in [-0.2, -0.15) is 13.1 Å². The van der Waals surface area contributed by atoms with Crippen LogP contribution in [0.4, 0.5) is 11.4 Å². The molecule has 0 spiro atoms. The van der Waals surface area contributed by atoms with Gasteiger partial charge in [-0.1, -0.05) is 6.07 Å². The van der Waals surface area contributed by atoms with E-state index >= 15 is 0 Å². The molecule has 0 unspecified atom stereocenters. The largest absolute Gasteiger partial charge is 0.372 e. The van der Waals surface area contributed by atoms with Gasteiger partial charge in [-0.05, 0) is 24.3 Å². The van der Waals surface area contributed by atoms with E-state index in [4.69, 9.17) is 0 Å². The van der Waals surface area contributed by atoms with E-state index in [1.54, 1.807) is 37.2 Å². The second kappa shape index (κ2) is 8.41. The molecule has 1 fully saturated rings. The number of nitro benzene ring substituents is 1. The molecule has 11 nitrogen and oxygen atoms in total. The third kappa shape index (κ3) is 3.89. The van der Waals surface area contributed by atoms with Crippen LogP contribution in [0.25, 0.3) is 11.0 Å². The highest BCUT2D eigenvalue weighted by molar-refractivity contribution is 7.89. The fourth-order valence-corrected chi connectivity index (χ4v) is 5.80. The Hall–Kier alpha value is -3.16. The third-order valence-corrected chi connectivity index (χ3v) is 7.77. The Kier molecular flexibility index (Phi) is 5.79. The molecule has 2 heterocycles. The highest BCUT2D eigenvalue weighted by Crippen LogP contribution is 2.29. The molecule has 168 valence electrons. The zero-order chi connectivity index (χ0) is 23.0. The monoisotopic (exact) mass is 476 g/mol. The van der Waals surface area contributed by atoms with E-state index in [0.29, 0.717) is 16.7 Å². The quantitative estimate of drug-likeness (QED) is 0.403. The molecule has 32 heavy (non-hydrogen) atoms. The van der Waals surface area contributed by atoms with Gasteiger partial charge >= 0.3 is 0 Å². The summed E-state index contributed by atoms with van der Waals surface area (Å²) >= 11 is 0.951. The summed E-state index contributed by atoms with van der Waals surface area (Å²) in [4.78, 5) is 27.0. The lowest BCUT2D eigenvalue weighted by molar-refractivity contribution is -0.384. The van der Waals surface area contributed by atoms with Crippen molar-refractivity contribution < 1.29 is 18.1 Å². The van der Waals surface area contributed by atoms with E-state index in [1.165, 1.54) is 27.4 Å². The molecule has 0 aliphatic carbocycles. The minimum absolute atomic E-state index is 0.0958. The van der Waals surface area contributed by atoms with Crippen LogP contribution in [-0.2, 0) is 10.0 Å². The summed E-state index contributed by atoms with van der Waals surface area (Å²) < 4.78 is 35.8. The predicted octanol–water partition coefficient (Wildman–Crippen LogP) is 1.81. The molecular formula is C19H20N6O5S2. The van der Waals surface area contributed by atoms with Crippen LogP contribution in [0, 0.1) is 10.1 Å². The van der Waals surface area contributed by atoms with Crippen LogP contribution in [0.3, 0.4) is 0 Å². The van der Waals surface area contributed by atoms with Crippen LogP contribution >= 0.6 is 11.7 Å². The third-order valence-electron chi connectivity index (χ3n) is 5.29. The van der Waals surface area contributed by atoms with Crippen molar-refractivity contribution in [3.63, 3.8) is 0 Å². The standard InChI is InChI=1S/C19H20N6O5S2/c1-22(2)15-7-6-13(12-16(15)25(27)28)19(26)23-8-10-24(11-9-23)32(29,30)17-5-3-4-14-18(17)21-31-20-14/h3-7,12H,8-11H2,1-2H3. The summed E-state index contributed by atoms with van der Waals surface area (Å²) in [5.74, 6) is -0.374. The number of fused-ring (bicyclic) bond motifs is 1. The van der Waals surface area contributed by atoms with Crippen LogP contribution in [0.1, 0.15) is 10.4 Å². The molecule has 13 heteroatoms. The lowest BCUT2D eigenvalue weighted by Gasteiger charge is -2.34. The molecule has 0 bridgehead atoms. The number of aromatic nitrogens is 2. The number of rotatable bonds is 5. The van der Waals surface area contributed by atoms with Crippen molar-refractivity contribution in [2.45, 2.75) is 4.90 Å². The van der Waals surface area contributed by atoms with Gasteiger partial charge in [0.1, 0.15) is 21.6 Å². The van der Waals surface area contributed by atoms with Gasteiger partial charge in [0.25, 0.3) is 11.6 Å². The van der Waals surface area contributed by atoms with E-state index in [1.807, 2.05) is 0 Å². The zero-order valence-corrected chi connectivity index (χ0v) is 19.0. The van der Waals surface area contributed by atoms with Crippen LogP contribution in [0.15, 0.2) is 41.3 Å². The topological polar surface area (TPSA) is 130 Å². The number of hydrogen-bond donors (Lipinski definition) is 0. The lowest BCUT2D eigenvalue weighted by Crippen LogP contribution is -2.50. The Morgan fingerprint density at radius 1 is 1.12 bits per heavy atom. The first-order chi connectivity index (χ1) is 15.2. The molecule has 1 saturated heterocycles. The van der Waals surface area contributed by atoms with Crippen molar-refractivity contribution >= 4 is 50.1 Å². The van der Waals surface area contributed by atoms with Gasteiger partial charge in [0.05, 0.1) is 16.7 Å². The maximum Gasteiger partial charge on any atom is 0.293 e. The highest BCUT2D eigenvalue weighted by Gasteiger charge is 2.32. The van der Waals surface area contributed by atoms with Gasteiger partial charge < -0.3 is 9.80 Å². The van der Waals surface area contributed by atoms with Gasteiger partial charge in [-0.3, -0.25) is 14.9 Å². The number of hydrogen-bond acceptors (Lipinski definition) is 9.